The summed E-state index contributed by atoms with van der Waals surface area (Å²) in [6, 6.07) is 7.54. The minimum atomic E-state index is -1.21. The fourth-order valence-corrected chi connectivity index (χ4v) is 7.43. The second-order valence-corrected chi connectivity index (χ2v) is 13.0. The Balaban J connectivity index is 1.66. The summed E-state index contributed by atoms with van der Waals surface area (Å²) in [5.74, 6) is -3.40. The van der Waals surface area contributed by atoms with Crippen LogP contribution in [0.4, 0.5) is 0 Å². The lowest BCUT2D eigenvalue weighted by molar-refractivity contribution is -0.161. The van der Waals surface area contributed by atoms with Crippen LogP contribution in [0.2, 0.25) is 0 Å². The average Bonchev–Trinajstić information content (AvgIpc) is 3.69. The van der Waals surface area contributed by atoms with Gasteiger partial charge < -0.3 is 29.7 Å². The number of nitrogens with one attached hydrogen (secondary N) is 1. The van der Waals surface area contributed by atoms with Crippen molar-refractivity contribution in [2.24, 2.45) is 17.8 Å². The maximum atomic E-state index is 14.5. The van der Waals surface area contributed by atoms with E-state index in [9.17, 15) is 24.3 Å². The van der Waals surface area contributed by atoms with Crippen molar-refractivity contribution in [2.45, 2.75) is 95.6 Å². The van der Waals surface area contributed by atoms with Gasteiger partial charge in [0, 0.05) is 19.5 Å². The van der Waals surface area contributed by atoms with E-state index in [1.807, 2.05) is 44.2 Å². The number of fused-ring (bicyclic) bond motifs is 1. The van der Waals surface area contributed by atoms with E-state index in [0.717, 1.165) is 19.3 Å². The second-order valence-electron chi connectivity index (χ2n) is 13.0. The molecule has 46 heavy (non-hydrogen) atoms. The van der Waals surface area contributed by atoms with Crippen LogP contribution in [-0.4, -0.2) is 88.6 Å². The first-order valence-corrected chi connectivity index (χ1v) is 16.8. The first kappa shape index (κ1) is 35.4. The molecule has 7 atom stereocenters. The van der Waals surface area contributed by atoms with Crippen LogP contribution >= 0.6 is 0 Å². The number of benzene rings is 1. The highest BCUT2D eigenvalue weighted by Crippen LogP contribution is 2.59. The second kappa shape index (κ2) is 15.9. The van der Waals surface area contributed by atoms with E-state index in [0.29, 0.717) is 37.9 Å². The monoisotopic (exact) mass is 637 g/mol. The smallest absolute Gasteiger partial charge is 0.313 e. The van der Waals surface area contributed by atoms with Gasteiger partial charge in [-0.2, -0.15) is 0 Å². The van der Waals surface area contributed by atoms with Crippen molar-refractivity contribution in [3.8, 4) is 0 Å². The summed E-state index contributed by atoms with van der Waals surface area (Å²) in [5.41, 5.74) is -0.505. The minimum Gasteiger partial charge on any atom is -0.455 e. The number of aliphatic hydroxyl groups is 1. The van der Waals surface area contributed by atoms with Gasteiger partial charge in [0.25, 0.3) is 0 Å². The van der Waals surface area contributed by atoms with Crippen molar-refractivity contribution in [1.29, 1.82) is 0 Å². The van der Waals surface area contributed by atoms with Gasteiger partial charge in [0.05, 0.1) is 37.1 Å². The molecule has 3 fully saturated rings. The van der Waals surface area contributed by atoms with Crippen LogP contribution in [0.15, 0.2) is 55.6 Å². The molecule has 3 aliphatic heterocycles. The number of unbranched alkanes of at least 4 members (excludes halogenated alkanes) is 2. The van der Waals surface area contributed by atoms with Crippen LogP contribution < -0.4 is 5.32 Å². The quantitative estimate of drug-likeness (QED) is 0.142. The molecule has 1 spiro atoms. The van der Waals surface area contributed by atoms with Crippen molar-refractivity contribution in [2.75, 3.05) is 26.2 Å². The third-order valence-corrected chi connectivity index (χ3v) is 9.74. The highest BCUT2D eigenvalue weighted by Gasteiger charge is 2.75. The fraction of sp³-hybridized carbons (Fsp3) is 0.611. The van der Waals surface area contributed by atoms with Crippen LogP contribution in [0.1, 0.15) is 77.4 Å². The molecule has 3 aliphatic rings. The van der Waals surface area contributed by atoms with Crippen LogP contribution in [0, 0.1) is 17.8 Å². The van der Waals surface area contributed by atoms with Gasteiger partial charge in [-0.25, -0.2) is 0 Å². The molecule has 2 bridgehead atoms. The molecule has 2 N–H and O–H groups in total. The number of amides is 3. The van der Waals surface area contributed by atoms with Crippen molar-refractivity contribution in [3.63, 3.8) is 0 Å². The summed E-state index contributed by atoms with van der Waals surface area (Å²) in [7, 11) is 0. The molecule has 10 nitrogen and oxygen atoms in total. The van der Waals surface area contributed by atoms with Crippen LogP contribution in [-0.2, 0) is 28.7 Å². The Morgan fingerprint density at radius 3 is 2.57 bits per heavy atom. The molecule has 0 unspecified atom stereocenters. The maximum Gasteiger partial charge on any atom is 0.313 e. The summed E-state index contributed by atoms with van der Waals surface area (Å²) >= 11 is 0. The third kappa shape index (κ3) is 7.08. The van der Waals surface area contributed by atoms with Crippen LogP contribution in [0.3, 0.4) is 0 Å². The summed E-state index contributed by atoms with van der Waals surface area (Å²) in [4.78, 5) is 58.8. The fourth-order valence-electron chi connectivity index (χ4n) is 7.43. The largest absolute Gasteiger partial charge is 0.455 e. The lowest BCUT2D eigenvalue weighted by atomic mass is 9.70. The number of allylic oxidation sites excluding steroid dienone is 1. The van der Waals surface area contributed by atoms with E-state index in [1.54, 1.807) is 17.1 Å². The molecule has 0 aromatic heterocycles. The highest BCUT2D eigenvalue weighted by atomic mass is 16.6. The number of nitrogens with zero attached hydrogens (tertiary/aromatic N) is 2. The predicted octanol–water partition coefficient (Wildman–Crippen LogP) is 3.95. The average molecular weight is 638 g/mol. The Morgan fingerprint density at radius 2 is 1.93 bits per heavy atom. The maximum absolute atomic E-state index is 14.5. The zero-order chi connectivity index (χ0) is 33.4. The number of esters is 1. The van der Waals surface area contributed by atoms with Gasteiger partial charge in [0.1, 0.15) is 17.7 Å². The molecule has 0 radical (unpaired) electrons. The van der Waals surface area contributed by atoms with Crippen molar-refractivity contribution in [1.82, 2.24) is 15.1 Å². The van der Waals surface area contributed by atoms with E-state index in [1.165, 1.54) is 4.90 Å². The van der Waals surface area contributed by atoms with E-state index in [-0.39, 0.29) is 43.2 Å². The van der Waals surface area contributed by atoms with Gasteiger partial charge in [0.15, 0.2) is 0 Å². The summed E-state index contributed by atoms with van der Waals surface area (Å²) < 4.78 is 12.7. The zero-order valence-electron chi connectivity index (χ0n) is 27.6. The molecular weight excluding hydrogens is 586 g/mol. The van der Waals surface area contributed by atoms with E-state index in [4.69, 9.17) is 9.47 Å². The van der Waals surface area contributed by atoms with Crippen molar-refractivity contribution >= 4 is 23.7 Å². The van der Waals surface area contributed by atoms with Crippen molar-refractivity contribution in [3.05, 3.63) is 61.2 Å². The highest BCUT2D eigenvalue weighted by molar-refractivity contribution is 5.98. The summed E-state index contributed by atoms with van der Waals surface area (Å²) in [6.45, 7) is 14.0. The van der Waals surface area contributed by atoms with Gasteiger partial charge in [-0.1, -0.05) is 76.1 Å². The Kier molecular flexibility index (Phi) is 12.2. The van der Waals surface area contributed by atoms with E-state index >= 15 is 0 Å². The Bertz CT molecular complexity index is 1250. The van der Waals surface area contributed by atoms with E-state index in [2.05, 4.69) is 25.4 Å². The molecule has 3 heterocycles. The van der Waals surface area contributed by atoms with Crippen LogP contribution in [0.5, 0.6) is 0 Å². The molecule has 0 aliphatic carbocycles. The number of rotatable bonds is 18. The first-order chi connectivity index (χ1) is 22.1. The Morgan fingerprint density at radius 1 is 1.20 bits per heavy atom. The van der Waals surface area contributed by atoms with Gasteiger partial charge in [-0.15, -0.1) is 13.2 Å². The number of aliphatic hydroxyl groups excluding tert-OH is 1. The first-order valence-electron chi connectivity index (χ1n) is 16.8. The number of ether oxygens (including phenoxy) is 2. The molecule has 1 aromatic carbocycles. The standard InChI is InChI=1S/C36H51N3O7/c1-6-9-14-21-38(20-8-3)34(43)32-36-19-18-27(46-36)30(31(36)33(42)39(32)26(23-40)24(4)5)35(44)45-28(25-15-12-11-13-16-25)22-37-29(41)17-10-7-2/h7-8,11-13,15-16,24,26-28,30-32,40H,2-3,6,9-10,14,17-23H2,1,4-5H3,(H,37,41)/t26-,27+,28-,30-,31-,32+,36-/m0/s1. The molecule has 3 saturated heterocycles. The molecule has 1 aromatic rings. The van der Waals surface area contributed by atoms with E-state index < -0.39 is 47.7 Å². The Hall–Kier alpha value is -3.50. The van der Waals surface area contributed by atoms with Crippen molar-refractivity contribution < 1.29 is 33.8 Å². The summed E-state index contributed by atoms with van der Waals surface area (Å²) in [5, 5.41) is 13.3. The lowest BCUT2D eigenvalue weighted by Gasteiger charge is -2.40. The van der Waals surface area contributed by atoms with Gasteiger partial charge >= 0.3 is 5.97 Å². The molecule has 252 valence electrons. The molecule has 0 saturated carbocycles. The van der Waals surface area contributed by atoms with Gasteiger partial charge in [-0.3, -0.25) is 19.2 Å². The zero-order valence-corrected chi connectivity index (χ0v) is 27.6. The Labute approximate surface area is 273 Å². The third-order valence-electron chi connectivity index (χ3n) is 9.74. The number of hydrogen-bond acceptors (Lipinski definition) is 7. The van der Waals surface area contributed by atoms with Gasteiger partial charge in [-0.05, 0) is 37.2 Å². The number of hydrogen-bond donors (Lipinski definition) is 2. The predicted molar refractivity (Wildman–Crippen MR) is 174 cm³/mol. The van der Waals surface area contributed by atoms with Gasteiger partial charge in [0.2, 0.25) is 17.7 Å². The number of carbonyl (C=O) groups excluding carboxylic acids is 4. The minimum absolute atomic E-state index is 0.0647. The lowest BCUT2D eigenvalue weighted by Crippen LogP contribution is -2.59. The molecule has 10 heteroatoms. The molecule has 3 amide bonds. The SMILES string of the molecule is C=CCCC(=O)NC[C@H](OC(=O)[C@@H]1[C@H]2C(=O)N([C@@H](CO)C(C)C)[C@H](C(=O)N(CC=C)CCCCC)[C@]23CC[C@H]1O3)c1ccccc1. The normalized spacial score (nSPS) is 26.0. The van der Waals surface area contributed by atoms with Crippen LogP contribution in [0.25, 0.3) is 0 Å². The molecule has 4 rings (SSSR count). The number of likely N-dealkylation sites (tertiary alicyclic amines) is 1. The summed E-state index contributed by atoms with van der Waals surface area (Å²) in [6.07, 6.45) is 6.47. The topological polar surface area (TPSA) is 125 Å². The number of carbonyl (C=O) groups is 4. The molecular formula is C36H51N3O7.